The van der Waals surface area contributed by atoms with Gasteiger partial charge in [0.05, 0.1) is 35.5 Å². The lowest BCUT2D eigenvalue weighted by Crippen LogP contribution is -2.32. The Morgan fingerprint density at radius 2 is 1.66 bits per heavy atom. The Morgan fingerprint density at radius 3 is 2.49 bits per heavy atom. The Balaban J connectivity index is 1.03. The molecule has 3 N–H and O–H groups in total. The Labute approximate surface area is 307 Å². The molecule has 7 rings (SSSR count). The van der Waals surface area contributed by atoms with Crippen LogP contribution in [0.2, 0.25) is 0 Å². The van der Waals surface area contributed by atoms with E-state index in [-0.39, 0.29) is 36.9 Å². The molecule has 13 heteroatoms. The van der Waals surface area contributed by atoms with Crippen LogP contribution in [0.4, 0.5) is 11.5 Å². The number of amides is 2. The van der Waals surface area contributed by atoms with Crippen LogP contribution in [-0.4, -0.2) is 60.3 Å². The molecule has 0 saturated heterocycles. The Morgan fingerprint density at radius 1 is 0.887 bits per heavy atom. The third-order valence-corrected chi connectivity index (χ3v) is 9.58. The van der Waals surface area contributed by atoms with E-state index in [1.807, 2.05) is 79.7 Å². The summed E-state index contributed by atoms with van der Waals surface area (Å²) in [4.78, 5) is 49.4. The molecule has 0 saturated carbocycles. The van der Waals surface area contributed by atoms with Crippen molar-refractivity contribution >= 4 is 51.0 Å². The van der Waals surface area contributed by atoms with Crippen LogP contribution in [0, 0.1) is 0 Å². The number of ketones is 1. The van der Waals surface area contributed by atoms with E-state index in [9.17, 15) is 14.4 Å². The number of aryl methyl sites for hydroxylation is 2. The highest BCUT2D eigenvalue weighted by Crippen LogP contribution is 2.41. The van der Waals surface area contributed by atoms with Crippen molar-refractivity contribution < 1.29 is 19.1 Å². The molecule has 3 aromatic carbocycles. The number of rotatable bonds is 14. The molecule has 272 valence electrons. The van der Waals surface area contributed by atoms with Gasteiger partial charge in [0.2, 0.25) is 11.8 Å². The van der Waals surface area contributed by atoms with Gasteiger partial charge in [0, 0.05) is 55.5 Å². The monoisotopic (exact) mass is 713 g/mol. The predicted molar refractivity (Wildman–Crippen MR) is 204 cm³/mol. The van der Waals surface area contributed by atoms with Crippen molar-refractivity contribution in [1.29, 1.82) is 0 Å². The lowest BCUT2D eigenvalue weighted by molar-refractivity contribution is -0.123. The number of nitrogen functional groups attached to an aromatic ring is 1. The molecule has 3 aromatic heterocycles. The van der Waals surface area contributed by atoms with Crippen molar-refractivity contribution in [1.82, 2.24) is 34.8 Å². The highest BCUT2D eigenvalue weighted by atomic mass is 16.5. The Kier molecular flexibility index (Phi) is 10.5. The Bertz CT molecular complexity index is 2310. The summed E-state index contributed by atoms with van der Waals surface area (Å²) >= 11 is 0. The van der Waals surface area contributed by atoms with Gasteiger partial charge in [-0.05, 0) is 44.4 Å². The van der Waals surface area contributed by atoms with Crippen LogP contribution >= 0.6 is 0 Å². The molecule has 0 aliphatic carbocycles. The second kappa shape index (κ2) is 15.7. The zero-order chi connectivity index (χ0) is 36.9. The summed E-state index contributed by atoms with van der Waals surface area (Å²) in [5, 5.41) is 13.2. The van der Waals surface area contributed by atoms with E-state index in [0.717, 1.165) is 57.5 Å². The molecule has 2 amide bonds. The van der Waals surface area contributed by atoms with Gasteiger partial charge in [0.15, 0.2) is 5.82 Å². The fraction of sp³-hybridized carbons (Fsp3) is 0.325. The fourth-order valence-corrected chi connectivity index (χ4v) is 6.98. The predicted octanol–water partition coefficient (Wildman–Crippen LogP) is 5.83. The van der Waals surface area contributed by atoms with Gasteiger partial charge in [-0.2, -0.15) is 0 Å². The highest BCUT2D eigenvalue weighted by molar-refractivity contribution is 6.06. The number of carbonyl (C=O) groups excluding carboxylic acids is 3. The summed E-state index contributed by atoms with van der Waals surface area (Å²) in [5.74, 6) is 0.963. The number of Topliss-reactive ketones (excluding diaryl/α,β-unsaturated/α-hetero) is 1. The summed E-state index contributed by atoms with van der Waals surface area (Å²) in [7, 11) is 0. The van der Waals surface area contributed by atoms with Crippen LogP contribution in [0.3, 0.4) is 0 Å². The third kappa shape index (κ3) is 7.38. The minimum Gasteiger partial charge on any atom is -0.382 e. The SMILES string of the molecule is CCOCc1nc2c(N)nc3ccccc3c2n1CCCCNC(=O)CCn1nnc2c1-c1ccccc1CN(C(=O)CCC(C)=O)c1ccccc1-2. The first kappa shape index (κ1) is 35.5. The molecule has 0 radical (unpaired) electrons. The summed E-state index contributed by atoms with van der Waals surface area (Å²) in [6, 6.07) is 23.4. The number of carbonyl (C=O) groups is 3. The lowest BCUT2D eigenvalue weighted by atomic mass is 9.95. The first-order valence-corrected chi connectivity index (χ1v) is 18.1. The number of fused-ring (bicyclic) bond motifs is 8. The number of aromatic nitrogens is 6. The van der Waals surface area contributed by atoms with Crippen LogP contribution < -0.4 is 16.0 Å². The standard InChI is InChI=1S/C40H43N9O4/c1-3-53-25-33-44-37-38(29-14-6-8-16-31(29)43-40(37)41)47(33)22-11-10-21-42-34(51)20-23-49-39-28-13-5-4-12-27(28)24-48(35(52)19-18-26(2)50)32-17-9-7-15-30(32)36(39)45-46-49/h4-9,12-17H,3,10-11,18-25H2,1-2H3,(H2,41,43)(H,42,51). The van der Waals surface area contributed by atoms with Gasteiger partial charge in [0.1, 0.15) is 29.4 Å². The number of anilines is 2. The van der Waals surface area contributed by atoms with Crippen LogP contribution in [-0.2, 0) is 45.4 Å². The zero-order valence-electron chi connectivity index (χ0n) is 30.0. The maximum Gasteiger partial charge on any atom is 0.227 e. The summed E-state index contributed by atoms with van der Waals surface area (Å²) < 4.78 is 9.69. The first-order valence-electron chi connectivity index (χ1n) is 18.1. The molecule has 6 aromatic rings. The maximum atomic E-state index is 13.5. The van der Waals surface area contributed by atoms with Gasteiger partial charge >= 0.3 is 0 Å². The first-order chi connectivity index (χ1) is 25.8. The number of hydrogen-bond donors (Lipinski definition) is 2. The van der Waals surface area contributed by atoms with Gasteiger partial charge in [-0.25, -0.2) is 14.6 Å². The molecule has 1 aliphatic heterocycles. The number of unbranched alkanes of at least 4 members (excludes halogenated alkanes) is 1. The molecule has 4 heterocycles. The average Bonchev–Trinajstić information content (AvgIpc) is 3.75. The molecule has 0 fully saturated rings. The summed E-state index contributed by atoms with van der Waals surface area (Å²) in [6.07, 6.45) is 2.11. The molecule has 13 nitrogen and oxygen atoms in total. The molecular weight excluding hydrogens is 670 g/mol. The minimum absolute atomic E-state index is 0.0266. The summed E-state index contributed by atoms with van der Waals surface area (Å²) in [5.41, 5.74) is 13.5. The van der Waals surface area contributed by atoms with Crippen molar-refractivity contribution in [2.45, 2.75) is 72.2 Å². The number of nitrogens with zero attached hydrogens (tertiary/aromatic N) is 7. The zero-order valence-corrected chi connectivity index (χ0v) is 30.0. The second-order valence-corrected chi connectivity index (χ2v) is 13.2. The van der Waals surface area contributed by atoms with Gasteiger partial charge in [-0.3, -0.25) is 9.59 Å². The van der Waals surface area contributed by atoms with Gasteiger partial charge in [-0.15, -0.1) is 5.10 Å². The van der Waals surface area contributed by atoms with Crippen LogP contribution in [0.25, 0.3) is 44.5 Å². The summed E-state index contributed by atoms with van der Waals surface area (Å²) in [6.45, 7) is 6.27. The highest BCUT2D eigenvalue weighted by Gasteiger charge is 2.29. The average molecular weight is 714 g/mol. The van der Waals surface area contributed by atoms with Gasteiger partial charge in [0.25, 0.3) is 0 Å². The maximum absolute atomic E-state index is 13.5. The van der Waals surface area contributed by atoms with E-state index in [4.69, 9.17) is 15.5 Å². The topological polar surface area (TPSA) is 163 Å². The second-order valence-electron chi connectivity index (χ2n) is 13.2. The van der Waals surface area contributed by atoms with E-state index >= 15 is 0 Å². The Hall–Kier alpha value is -5.95. The molecular formula is C40H43N9O4. The normalized spacial score (nSPS) is 12.2. The van der Waals surface area contributed by atoms with E-state index in [1.54, 1.807) is 9.58 Å². The largest absolute Gasteiger partial charge is 0.382 e. The third-order valence-electron chi connectivity index (χ3n) is 9.58. The lowest BCUT2D eigenvalue weighted by Gasteiger charge is -2.28. The quantitative estimate of drug-likeness (QED) is 0.132. The number of ether oxygens (including phenoxy) is 1. The van der Waals surface area contributed by atoms with Crippen LogP contribution in [0.5, 0.6) is 0 Å². The number of imidazole rings is 1. The van der Waals surface area contributed by atoms with E-state index < -0.39 is 0 Å². The van der Waals surface area contributed by atoms with Crippen molar-refractivity contribution in [3.63, 3.8) is 0 Å². The van der Waals surface area contributed by atoms with Crippen molar-refractivity contribution in [2.24, 2.45) is 0 Å². The number of para-hydroxylation sites is 2. The van der Waals surface area contributed by atoms with Crippen LogP contribution in [0.15, 0.2) is 72.8 Å². The fourth-order valence-electron chi connectivity index (χ4n) is 6.98. The molecule has 0 unspecified atom stereocenters. The molecule has 0 spiro atoms. The van der Waals surface area contributed by atoms with Crippen LogP contribution in [0.1, 0.15) is 57.3 Å². The smallest absolute Gasteiger partial charge is 0.227 e. The number of nitrogens with two attached hydrogens (primary N) is 1. The molecule has 0 atom stereocenters. The minimum atomic E-state index is -0.130. The number of nitrogens with one attached hydrogen (secondary N) is 1. The van der Waals surface area contributed by atoms with Crippen molar-refractivity contribution in [3.05, 3.63) is 84.2 Å². The number of pyridine rings is 1. The van der Waals surface area contributed by atoms with Gasteiger partial charge in [-0.1, -0.05) is 65.9 Å². The van der Waals surface area contributed by atoms with Crippen molar-refractivity contribution in [2.75, 3.05) is 23.8 Å². The van der Waals surface area contributed by atoms with E-state index in [2.05, 4.69) is 25.2 Å². The number of benzene rings is 3. The van der Waals surface area contributed by atoms with Gasteiger partial charge < -0.3 is 30.0 Å². The molecule has 53 heavy (non-hydrogen) atoms. The van der Waals surface area contributed by atoms with E-state index in [1.165, 1.54) is 6.92 Å². The molecule has 0 bridgehead atoms. The molecule has 1 aliphatic rings. The number of hydrogen-bond acceptors (Lipinski definition) is 9. The van der Waals surface area contributed by atoms with Crippen molar-refractivity contribution in [3.8, 4) is 22.5 Å². The van der Waals surface area contributed by atoms with E-state index in [0.29, 0.717) is 62.1 Å².